The average molecular weight is 334 g/mol. The van der Waals surface area contributed by atoms with Crippen molar-refractivity contribution < 1.29 is 0 Å². The minimum absolute atomic E-state index is 0.0923. The smallest absolute Gasteiger partial charge is 0.135 e. The average Bonchev–Trinajstić information content (AvgIpc) is 2.98. The Morgan fingerprint density at radius 3 is 2.28 bits per heavy atom. The Kier molecular flexibility index (Phi) is 4.34. The molecule has 2 aromatic heterocycles. The molecule has 2 unspecified atom stereocenters. The Labute approximate surface area is 118 Å². The van der Waals surface area contributed by atoms with Gasteiger partial charge in [0.15, 0.2) is 0 Å². The van der Waals surface area contributed by atoms with E-state index < -0.39 is 0 Å². The van der Waals surface area contributed by atoms with Gasteiger partial charge in [-0.05, 0) is 13.3 Å². The third-order valence-corrected chi connectivity index (χ3v) is 3.30. The van der Waals surface area contributed by atoms with Crippen molar-refractivity contribution in [1.82, 2.24) is 30.0 Å². The van der Waals surface area contributed by atoms with Gasteiger partial charge in [-0.25, -0.2) is 9.36 Å². The quantitative estimate of drug-likeness (QED) is 0.789. The van der Waals surface area contributed by atoms with E-state index in [-0.39, 0.29) is 10.5 Å². The maximum atomic E-state index is 6.17. The summed E-state index contributed by atoms with van der Waals surface area (Å²) in [5.41, 5.74) is 1.20. The van der Waals surface area contributed by atoms with E-state index in [2.05, 4.69) is 43.5 Å². The molecule has 0 spiro atoms. The molecule has 0 fully saturated rings. The first-order chi connectivity index (χ1) is 8.61. The molecule has 8 heteroatoms. The van der Waals surface area contributed by atoms with Gasteiger partial charge in [0, 0.05) is 0 Å². The number of halogens is 2. The van der Waals surface area contributed by atoms with Crippen molar-refractivity contribution in [3.8, 4) is 11.4 Å². The largest absolute Gasteiger partial charge is 0.238 e. The highest BCUT2D eigenvalue weighted by Gasteiger charge is 2.13. The Morgan fingerprint density at radius 2 is 1.78 bits per heavy atom. The van der Waals surface area contributed by atoms with Crippen LogP contribution in [0.2, 0.25) is 0 Å². The number of hydrogen-bond donors (Lipinski definition) is 0. The molecule has 0 saturated heterocycles. The summed E-state index contributed by atoms with van der Waals surface area (Å²) in [6.45, 7) is 4.04. The van der Waals surface area contributed by atoms with E-state index in [4.69, 9.17) is 11.6 Å². The monoisotopic (exact) mass is 332 g/mol. The molecule has 0 N–H and O–H groups in total. The molecule has 0 aliphatic carbocycles. The highest BCUT2D eigenvalue weighted by molar-refractivity contribution is 9.09. The van der Waals surface area contributed by atoms with Crippen molar-refractivity contribution >= 4 is 27.5 Å². The van der Waals surface area contributed by atoms with Gasteiger partial charge in [0.05, 0.1) is 12.4 Å². The molecule has 6 nitrogen and oxygen atoms in total. The fraction of sp³-hybridized carbons (Fsp3) is 0.600. The van der Waals surface area contributed by atoms with Crippen molar-refractivity contribution in [1.29, 1.82) is 0 Å². The normalized spacial score (nSPS) is 14.7. The van der Waals surface area contributed by atoms with Crippen LogP contribution in [0.5, 0.6) is 0 Å². The van der Waals surface area contributed by atoms with Crippen LogP contribution < -0.4 is 0 Å². The molecule has 2 heterocycles. The number of alkyl halides is 2. The molecular weight excluding hydrogens is 320 g/mol. The van der Waals surface area contributed by atoms with E-state index >= 15 is 0 Å². The molecule has 2 aromatic rings. The summed E-state index contributed by atoms with van der Waals surface area (Å²) >= 11 is 9.59. The summed E-state index contributed by atoms with van der Waals surface area (Å²) < 4.78 is 3.36. The zero-order valence-corrected chi connectivity index (χ0v) is 12.5. The van der Waals surface area contributed by atoms with Gasteiger partial charge in [-0.2, -0.15) is 0 Å². The van der Waals surface area contributed by atoms with Crippen LogP contribution in [0.15, 0.2) is 12.4 Å². The first-order valence-electron chi connectivity index (χ1n) is 5.74. The molecule has 2 rings (SSSR count). The topological polar surface area (TPSA) is 61.4 Å². The lowest BCUT2D eigenvalue weighted by Crippen LogP contribution is -2.02. The molecule has 0 amide bonds. The second kappa shape index (κ2) is 5.79. The van der Waals surface area contributed by atoms with Crippen molar-refractivity contribution in [3.05, 3.63) is 12.4 Å². The van der Waals surface area contributed by atoms with Crippen LogP contribution in [0, 0.1) is 0 Å². The maximum absolute atomic E-state index is 6.17. The minimum atomic E-state index is -0.165. The third-order valence-electron chi connectivity index (χ3n) is 2.46. The standard InChI is InChI=1S/C10H14BrClN6/c1-3-4-10(12)18-6-9(14-16-18)8-5-17(7(2)11)15-13-8/h5-7,10H,3-4H2,1-2H3. The third kappa shape index (κ3) is 2.89. The highest BCUT2D eigenvalue weighted by Crippen LogP contribution is 2.21. The Morgan fingerprint density at radius 1 is 1.22 bits per heavy atom. The van der Waals surface area contributed by atoms with Crippen LogP contribution >= 0.6 is 27.5 Å². The Balaban J connectivity index is 2.18. The van der Waals surface area contributed by atoms with Crippen molar-refractivity contribution in [3.63, 3.8) is 0 Å². The predicted molar refractivity (Wildman–Crippen MR) is 72.5 cm³/mol. The van der Waals surface area contributed by atoms with E-state index in [9.17, 15) is 0 Å². The van der Waals surface area contributed by atoms with Gasteiger partial charge >= 0.3 is 0 Å². The molecule has 0 bridgehead atoms. The Bertz CT molecular complexity index is 508. The van der Waals surface area contributed by atoms with Gasteiger partial charge in [-0.3, -0.25) is 0 Å². The first kappa shape index (κ1) is 13.5. The highest BCUT2D eigenvalue weighted by atomic mass is 79.9. The van der Waals surface area contributed by atoms with E-state index in [1.54, 1.807) is 15.6 Å². The molecule has 0 aliphatic heterocycles. The summed E-state index contributed by atoms with van der Waals surface area (Å²) in [4.78, 5) is 0.0923. The Hall–Kier alpha value is -0.950. The number of hydrogen-bond acceptors (Lipinski definition) is 4. The fourth-order valence-corrected chi connectivity index (χ4v) is 1.98. The first-order valence-corrected chi connectivity index (χ1v) is 7.09. The van der Waals surface area contributed by atoms with E-state index in [1.165, 1.54) is 0 Å². The predicted octanol–water partition coefficient (Wildman–Crippen LogP) is 2.99. The van der Waals surface area contributed by atoms with Crippen LogP contribution in [-0.4, -0.2) is 30.0 Å². The fourth-order valence-electron chi connectivity index (χ4n) is 1.47. The van der Waals surface area contributed by atoms with Gasteiger partial charge in [0.25, 0.3) is 0 Å². The summed E-state index contributed by atoms with van der Waals surface area (Å²) in [5.74, 6) is 0. The van der Waals surface area contributed by atoms with Crippen LogP contribution in [0.1, 0.15) is 37.1 Å². The minimum Gasteiger partial charge on any atom is -0.238 e. The lowest BCUT2D eigenvalue weighted by atomic mass is 10.3. The van der Waals surface area contributed by atoms with Crippen molar-refractivity contribution in [2.75, 3.05) is 0 Å². The molecular formula is C10H14BrClN6. The lowest BCUT2D eigenvalue weighted by Gasteiger charge is -2.05. The lowest BCUT2D eigenvalue weighted by molar-refractivity contribution is 0.529. The van der Waals surface area contributed by atoms with Crippen LogP contribution in [0.4, 0.5) is 0 Å². The molecule has 2 atom stereocenters. The number of aromatic nitrogens is 6. The van der Waals surface area contributed by atoms with Crippen molar-refractivity contribution in [2.45, 2.75) is 37.1 Å². The van der Waals surface area contributed by atoms with Gasteiger partial charge in [-0.15, -0.1) is 10.2 Å². The van der Waals surface area contributed by atoms with E-state index in [0.29, 0.717) is 11.4 Å². The van der Waals surface area contributed by atoms with E-state index in [0.717, 1.165) is 12.8 Å². The van der Waals surface area contributed by atoms with Crippen LogP contribution in [-0.2, 0) is 0 Å². The zero-order valence-electron chi connectivity index (χ0n) is 10.2. The summed E-state index contributed by atoms with van der Waals surface area (Å²) in [6.07, 6.45) is 5.47. The molecule has 0 aromatic carbocycles. The molecule has 0 saturated carbocycles. The SMILES string of the molecule is CCCC(Cl)n1cc(-c2cn(C(C)Br)nn2)nn1. The summed E-state index contributed by atoms with van der Waals surface area (Å²) in [5, 5.41) is 16.1. The summed E-state index contributed by atoms with van der Waals surface area (Å²) in [6, 6.07) is 0. The number of rotatable bonds is 5. The van der Waals surface area contributed by atoms with Crippen molar-refractivity contribution in [2.24, 2.45) is 0 Å². The summed E-state index contributed by atoms with van der Waals surface area (Å²) in [7, 11) is 0. The zero-order chi connectivity index (χ0) is 13.1. The van der Waals surface area contributed by atoms with Gasteiger partial charge < -0.3 is 0 Å². The second-order valence-electron chi connectivity index (χ2n) is 3.96. The van der Waals surface area contributed by atoms with Gasteiger partial charge in [-0.1, -0.05) is 51.3 Å². The van der Waals surface area contributed by atoms with E-state index in [1.807, 2.05) is 13.1 Å². The molecule has 98 valence electrons. The molecule has 18 heavy (non-hydrogen) atoms. The second-order valence-corrected chi connectivity index (χ2v) is 5.79. The molecule has 0 aliphatic rings. The van der Waals surface area contributed by atoms with Gasteiger partial charge in [0.2, 0.25) is 0 Å². The molecule has 0 radical (unpaired) electrons. The van der Waals surface area contributed by atoms with Gasteiger partial charge in [0.1, 0.15) is 21.8 Å². The maximum Gasteiger partial charge on any atom is 0.135 e. The van der Waals surface area contributed by atoms with Crippen LogP contribution in [0.25, 0.3) is 11.4 Å². The van der Waals surface area contributed by atoms with Crippen LogP contribution in [0.3, 0.4) is 0 Å². The number of nitrogens with zero attached hydrogens (tertiary/aromatic N) is 6.